The SMILES string of the molecule is CCC(=O)[C@@](C)(CCn1cnc2cc(-c3ccc(CCN4CCOCC4)cc3F)ccc2c1=O)S(C)(=O)=O. The Labute approximate surface area is 222 Å². The summed E-state index contributed by atoms with van der Waals surface area (Å²) in [6.07, 6.45) is 3.19. The third-order valence-corrected chi connectivity index (χ3v) is 9.62. The molecule has 38 heavy (non-hydrogen) atoms. The fourth-order valence-electron chi connectivity index (χ4n) is 4.78. The summed E-state index contributed by atoms with van der Waals surface area (Å²) in [4.78, 5) is 32.2. The molecule has 0 radical (unpaired) electrons. The molecule has 2 aromatic carbocycles. The van der Waals surface area contributed by atoms with Crippen LogP contribution < -0.4 is 5.56 Å². The second-order valence-corrected chi connectivity index (χ2v) is 12.5. The van der Waals surface area contributed by atoms with Crippen molar-refractivity contribution in [1.29, 1.82) is 0 Å². The van der Waals surface area contributed by atoms with E-state index in [-0.39, 0.29) is 36.5 Å². The lowest BCUT2D eigenvalue weighted by Gasteiger charge is -2.26. The Morgan fingerprint density at radius 3 is 2.53 bits per heavy atom. The minimum absolute atomic E-state index is 0.0272. The van der Waals surface area contributed by atoms with Crippen LogP contribution in [0.3, 0.4) is 0 Å². The molecule has 1 aliphatic rings. The van der Waals surface area contributed by atoms with Gasteiger partial charge in [-0.25, -0.2) is 17.8 Å². The van der Waals surface area contributed by atoms with Gasteiger partial charge in [-0.2, -0.15) is 0 Å². The standard InChI is InChI=1S/C28H34FN3O5S/c1-4-26(33)28(2,38(3,35)36)10-12-32-19-30-25-18-21(6-8-23(25)27(32)34)22-7-5-20(17-24(22)29)9-11-31-13-15-37-16-14-31/h5-8,17-19H,4,9-16H2,1-3H3/t28-/m1/s1. The Bertz CT molecular complexity index is 1500. The Morgan fingerprint density at radius 1 is 1.13 bits per heavy atom. The summed E-state index contributed by atoms with van der Waals surface area (Å²) >= 11 is 0. The number of sulfone groups is 1. The van der Waals surface area contributed by atoms with Crippen LogP contribution in [0.25, 0.3) is 22.0 Å². The molecule has 0 unspecified atom stereocenters. The zero-order valence-electron chi connectivity index (χ0n) is 22.1. The van der Waals surface area contributed by atoms with Crippen LogP contribution in [-0.4, -0.2) is 72.5 Å². The van der Waals surface area contributed by atoms with Gasteiger partial charge in [0.1, 0.15) is 10.6 Å². The maximum absolute atomic E-state index is 15.1. The summed E-state index contributed by atoms with van der Waals surface area (Å²) < 4.78 is 44.8. The Morgan fingerprint density at radius 2 is 1.87 bits per heavy atom. The monoisotopic (exact) mass is 543 g/mol. The number of hydrogen-bond acceptors (Lipinski definition) is 7. The molecule has 1 aromatic heterocycles. The number of rotatable bonds is 10. The zero-order chi connectivity index (χ0) is 27.5. The van der Waals surface area contributed by atoms with Crippen molar-refractivity contribution in [1.82, 2.24) is 14.5 Å². The van der Waals surface area contributed by atoms with E-state index in [2.05, 4.69) is 9.88 Å². The number of hydrogen-bond donors (Lipinski definition) is 0. The lowest BCUT2D eigenvalue weighted by atomic mass is 9.99. The summed E-state index contributed by atoms with van der Waals surface area (Å²) in [5.41, 5.74) is 2.02. The largest absolute Gasteiger partial charge is 0.379 e. The second kappa shape index (κ2) is 11.4. The van der Waals surface area contributed by atoms with E-state index in [4.69, 9.17) is 4.74 Å². The molecule has 0 N–H and O–H groups in total. The van der Waals surface area contributed by atoms with Gasteiger partial charge < -0.3 is 4.74 Å². The molecule has 4 rings (SSSR count). The minimum atomic E-state index is -3.68. The van der Waals surface area contributed by atoms with Crippen LogP contribution >= 0.6 is 0 Å². The number of ether oxygens (including phenoxy) is 1. The van der Waals surface area contributed by atoms with Gasteiger partial charge in [0, 0.05) is 44.4 Å². The molecule has 1 aliphatic heterocycles. The zero-order valence-corrected chi connectivity index (χ0v) is 22.9. The first-order valence-corrected chi connectivity index (χ1v) is 14.7. The molecular weight excluding hydrogens is 509 g/mol. The van der Waals surface area contributed by atoms with Crippen molar-refractivity contribution >= 4 is 26.5 Å². The predicted molar refractivity (Wildman–Crippen MR) is 146 cm³/mol. The van der Waals surface area contributed by atoms with E-state index in [0.717, 1.165) is 51.1 Å². The molecule has 8 nitrogen and oxygen atoms in total. The molecule has 0 saturated carbocycles. The van der Waals surface area contributed by atoms with Crippen molar-refractivity contribution in [3.8, 4) is 11.1 Å². The van der Waals surface area contributed by atoms with Crippen molar-refractivity contribution in [3.05, 3.63) is 64.5 Å². The third kappa shape index (κ3) is 5.87. The highest BCUT2D eigenvalue weighted by atomic mass is 32.2. The Hall–Kier alpha value is -2.95. The number of halogens is 1. The third-order valence-electron chi connectivity index (χ3n) is 7.55. The first-order valence-electron chi connectivity index (χ1n) is 12.8. The van der Waals surface area contributed by atoms with Gasteiger partial charge >= 0.3 is 0 Å². The lowest BCUT2D eigenvalue weighted by molar-refractivity contribution is -0.121. The first-order chi connectivity index (χ1) is 18.0. The van der Waals surface area contributed by atoms with Crippen molar-refractivity contribution < 1.29 is 22.3 Å². The number of carbonyl (C=O) groups is 1. The van der Waals surface area contributed by atoms with Gasteiger partial charge in [0.2, 0.25) is 0 Å². The maximum atomic E-state index is 15.1. The highest BCUT2D eigenvalue weighted by molar-refractivity contribution is 7.92. The van der Waals surface area contributed by atoms with Crippen LogP contribution in [-0.2, 0) is 32.3 Å². The summed E-state index contributed by atoms with van der Waals surface area (Å²) in [5, 5.41) is 0.335. The molecule has 1 fully saturated rings. The van der Waals surface area contributed by atoms with E-state index >= 15 is 4.39 Å². The fourth-order valence-corrected chi connectivity index (χ4v) is 5.80. The van der Waals surface area contributed by atoms with Gasteiger partial charge in [-0.15, -0.1) is 0 Å². The van der Waals surface area contributed by atoms with Gasteiger partial charge in [0.05, 0.1) is 30.4 Å². The van der Waals surface area contributed by atoms with Crippen molar-refractivity contribution in [2.24, 2.45) is 0 Å². The summed E-state index contributed by atoms with van der Waals surface area (Å²) in [5.74, 6) is -0.724. The summed E-state index contributed by atoms with van der Waals surface area (Å²) in [6, 6.07) is 10.2. The van der Waals surface area contributed by atoms with Crippen LogP contribution in [0.15, 0.2) is 47.5 Å². The lowest BCUT2D eigenvalue weighted by Crippen LogP contribution is -2.44. The predicted octanol–water partition coefficient (Wildman–Crippen LogP) is 3.25. The summed E-state index contributed by atoms with van der Waals surface area (Å²) in [6.45, 7) is 7.14. The number of aryl methyl sites for hydroxylation is 1. The first kappa shape index (κ1) is 28.1. The van der Waals surface area contributed by atoms with Gasteiger partial charge in [0.25, 0.3) is 5.56 Å². The van der Waals surface area contributed by atoms with Crippen molar-refractivity contribution in [2.45, 2.75) is 44.4 Å². The fraction of sp³-hybridized carbons (Fsp3) is 0.464. The minimum Gasteiger partial charge on any atom is -0.379 e. The Balaban J connectivity index is 1.53. The quantitative estimate of drug-likeness (QED) is 0.387. The van der Waals surface area contributed by atoms with E-state index in [1.165, 1.54) is 17.8 Å². The summed E-state index contributed by atoms with van der Waals surface area (Å²) in [7, 11) is -3.68. The van der Waals surface area contributed by atoms with Gasteiger partial charge in [-0.1, -0.05) is 25.1 Å². The van der Waals surface area contributed by atoms with Gasteiger partial charge in [0.15, 0.2) is 15.6 Å². The number of fused-ring (bicyclic) bond motifs is 1. The number of benzene rings is 2. The molecule has 2 heterocycles. The molecule has 3 aromatic rings. The molecule has 0 aliphatic carbocycles. The van der Waals surface area contributed by atoms with Crippen LogP contribution in [0.1, 0.15) is 32.3 Å². The van der Waals surface area contributed by atoms with E-state index in [1.807, 2.05) is 6.07 Å². The van der Waals surface area contributed by atoms with Crippen molar-refractivity contribution in [3.63, 3.8) is 0 Å². The highest BCUT2D eigenvalue weighted by Crippen LogP contribution is 2.27. The van der Waals surface area contributed by atoms with Crippen molar-refractivity contribution in [2.75, 3.05) is 39.1 Å². The molecule has 10 heteroatoms. The Kier molecular flexibility index (Phi) is 8.44. The highest BCUT2D eigenvalue weighted by Gasteiger charge is 2.41. The topological polar surface area (TPSA) is 98.6 Å². The molecule has 0 amide bonds. The molecular formula is C28H34FN3O5S. The van der Waals surface area contributed by atoms with Crippen LogP contribution in [0, 0.1) is 5.82 Å². The van der Waals surface area contributed by atoms with Crippen LogP contribution in [0.5, 0.6) is 0 Å². The average molecular weight is 544 g/mol. The second-order valence-electron chi connectivity index (χ2n) is 10.0. The van der Waals surface area contributed by atoms with E-state index in [1.54, 1.807) is 37.3 Å². The average Bonchev–Trinajstić information content (AvgIpc) is 2.90. The number of nitrogens with zero attached hydrogens (tertiary/aromatic N) is 3. The number of aromatic nitrogens is 2. The molecule has 1 atom stereocenters. The van der Waals surface area contributed by atoms with E-state index < -0.39 is 14.6 Å². The van der Waals surface area contributed by atoms with E-state index in [9.17, 15) is 18.0 Å². The number of carbonyl (C=O) groups excluding carboxylic acids is 1. The molecule has 0 spiro atoms. The smallest absolute Gasteiger partial charge is 0.261 e. The van der Waals surface area contributed by atoms with Gasteiger partial charge in [-0.05, 0) is 49.1 Å². The van der Waals surface area contributed by atoms with Crippen LogP contribution in [0.2, 0.25) is 0 Å². The number of morpholine rings is 1. The number of ketones is 1. The van der Waals surface area contributed by atoms with Gasteiger partial charge in [-0.3, -0.25) is 19.1 Å². The molecule has 1 saturated heterocycles. The molecule has 0 bridgehead atoms. The molecule has 204 valence electrons. The van der Waals surface area contributed by atoms with E-state index in [0.29, 0.717) is 22.0 Å². The normalized spacial score (nSPS) is 16.4. The maximum Gasteiger partial charge on any atom is 0.261 e. The number of Topliss-reactive ketones (excluding diaryl/α,β-unsaturated/α-hetero) is 1. The van der Waals surface area contributed by atoms with Crippen LogP contribution in [0.4, 0.5) is 4.39 Å².